The van der Waals surface area contributed by atoms with Crippen LogP contribution in [0, 0.1) is 0 Å². The monoisotopic (exact) mass is 223 g/mol. The number of aliphatic imine (C=N–C) groups is 1. The van der Waals surface area contributed by atoms with Gasteiger partial charge in [0.2, 0.25) is 5.69 Å². The Kier molecular flexibility index (Phi) is 2.42. The summed E-state index contributed by atoms with van der Waals surface area (Å²) in [5.41, 5.74) is 4.25. The largest absolute Gasteiger partial charge is 0.525 e. The molecule has 2 heterocycles. The second kappa shape index (κ2) is 3.32. The fourth-order valence-electron chi connectivity index (χ4n) is 1.58. The van der Waals surface area contributed by atoms with Crippen molar-refractivity contribution in [1.82, 2.24) is 5.32 Å². The summed E-state index contributed by atoms with van der Waals surface area (Å²) < 4.78 is 11.7. The number of rotatable bonds is 1. The van der Waals surface area contributed by atoms with Gasteiger partial charge in [-0.3, -0.25) is 10.7 Å². The van der Waals surface area contributed by atoms with Crippen LogP contribution < -0.4 is 11.1 Å². The van der Waals surface area contributed by atoms with Crippen LogP contribution in [0.4, 0.5) is 0 Å². The first-order valence-electron chi connectivity index (χ1n) is 5.39. The highest BCUT2D eigenvalue weighted by Gasteiger charge is 2.59. The first-order chi connectivity index (χ1) is 7.27. The molecule has 0 aliphatic carbocycles. The Hall–Kier alpha value is -0.845. The zero-order valence-electron chi connectivity index (χ0n) is 10.2. The molecule has 0 bridgehead atoms. The van der Waals surface area contributed by atoms with Crippen molar-refractivity contribution >= 4 is 13.3 Å². The van der Waals surface area contributed by atoms with Crippen LogP contribution in [0.5, 0.6) is 0 Å². The highest BCUT2D eigenvalue weighted by Crippen LogP contribution is 2.38. The van der Waals surface area contributed by atoms with E-state index in [-0.39, 0.29) is 0 Å². The predicted octanol–water partition coefficient (Wildman–Crippen LogP) is 0.418. The number of nitrogens with zero attached hydrogens (tertiary/aromatic N) is 1. The van der Waals surface area contributed by atoms with E-state index in [1.807, 2.05) is 27.7 Å². The highest BCUT2D eigenvalue weighted by molar-refractivity contribution is 6.49. The molecule has 6 heteroatoms. The van der Waals surface area contributed by atoms with Crippen LogP contribution in [-0.2, 0) is 9.31 Å². The van der Waals surface area contributed by atoms with Crippen molar-refractivity contribution in [3.8, 4) is 0 Å². The fourth-order valence-corrected chi connectivity index (χ4v) is 1.58. The van der Waals surface area contributed by atoms with Gasteiger partial charge in [-0.1, -0.05) is 0 Å². The van der Waals surface area contributed by atoms with Crippen molar-refractivity contribution in [3.63, 3.8) is 0 Å². The zero-order chi connectivity index (χ0) is 12.0. The Morgan fingerprint density at radius 2 is 1.75 bits per heavy atom. The summed E-state index contributed by atoms with van der Waals surface area (Å²) in [5.74, 6) is 0. The van der Waals surface area contributed by atoms with Crippen molar-refractivity contribution in [1.29, 1.82) is 0 Å². The van der Waals surface area contributed by atoms with Gasteiger partial charge >= 0.3 is 7.12 Å². The summed E-state index contributed by atoms with van der Waals surface area (Å²) >= 11 is 0. The Bertz CT molecular complexity index is 338. The van der Waals surface area contributed by atoms with E-state index in [1.54, 1.807) is 18.5 Å². The second-order valence-corrected chi connectivity index (χ2v) is 5.20. The molecule has 16 heavy (non-hydrogen) atoms. The third kappa shape index (κ3) is 1.67. The lowest BCUT2D eigenvalue weighted by atomic mass is 9.78. The molecule has 3 N–H and O–H groups in total. The van der Waals surface area contributed by atoms with Gasteiger partial charge in [-0.2, -0.15) is 0 Å². The van der Waals surface area contributed by atoms with E-state index in [0.717, 1.165) is 0 Å². The molecule has 5 nitrogen and oxygen atoms in total. The molecule has 2 rings (SSSR count). The first-order valence-corrected chi connectivity index (χ1v) is 5.39. The van der Waals surface area contributed by atoms with E-state index < -0.39 is 24.0 Å². The molecule has 0 aromatic rings. The second-order valence-electron chi connectivity index (χ2n) is 5.20. The van der Waals surface area contributed by atoms with E-state index in [1.165, 1.54) is 0 Å². The van der Waals surface area contributed by atoms with Crippen LogP contribution in [0.1, 0.15) is 27.7 Å². The van der Waals surface area contributed by atoms with Gasteiger partial charge in [-0.05, 0) is 33.8 Å². The summed E-state index contributed by atoms with van der Waals surface area (Å²) in [4.78, 5) is 4.18. The summed E-state index contributed by atoms with van der Waals surface area (Å²) in [6.07, 6.45) is 5.15. The molecule has 0 saturated carbocycles. The zero-order valence-corrected chi connectivity index (χ0v) is 10.2. The normalized spacial score (nSPS) is 35.2. The molecule has 1 saturated heterocycles. The van der Waals surface area contributed by atoms with Crippen LogP contribution in [0.2, 0.25) is 0 Å². The number of hydrogen-bond acceptors (Lipinski definition) is 5. The highest BCUT2D eigenvalue weighted by atomic mass is 16.7. The van der Waals surface area contributed by atoms with E-state index in [4.69, 9.17) is 15.0 Å². The van der Waals surface area contributed by atoms with Crippen LogP contribution in [0.25, 0.3) is 0 Å². The minimum absolute atomic E-state index is 0.400. The van der Waals surface area contributed by atoms with Crippen LogP contribution in [0.15, 0.2) is 17.3 Å². The molecular formula is C10H18BN3O2. The molecule has 1 fully saturated rings. The summed E-state index contributed by atoms with van der Waals surface area (Å²) in [5, 5.41) is 2.96. The Morgan fingerprint density at radius 1 is 1.19 bits per heavy atom. The third-order valence-corrected chi connectivity index (χ3v) is 3.40. The summed E-state index contributed by atoms with van der Waals surface area (Å²) in [6, 6.07) is 0. The fraction of sp³-hybridized carbons (Fsp3) is 0.700. The number of allylic oxidation sites excluding steroid dienone is 1. The standard InChI is InChI=1S/C10H18BN3O2/c1-8(2)9(3,4)16-11(15-8)10(12)13-6-5-7-14-10/h5-7,13H,12H2,1-4H3. The molecule has 1 atom stereocenters. The molecule has 0 radical (unpaired) electrons. The van der Waals surface area contributed by atoms with Gasteiger partial charge in [0, 0.05) is 12.4 Å². The lowest BCUT2D eigenvalue weighted by molar-refractivity contribution is 0.00578. The van der Waals surface area contributed by atoms with Crippen molar-refractivity contribution in [2.75, 3.05) is 0 Å². The maximum Gasteiger partial charge on any atom is 0.525 e. The number of nitrogens with two attached hydrogens (primary N) is 1. The minimum Gasteiger partial charge on any atom is -0.400 e. The summed E-state index contributed by atoms with van der Waals surface area (Å²) in [6.45, 7) is 7.94. The van der Waals surface area contributed by atoms with Gasteiger partial charge in [0.1, 0.15) is 0 Å². The third-order valence-electron chi connectivity index (χ3n) is 3.40. The molecule has 0 spiro atoms. The molecule has 88 valence electrons. The van der Waals surface area contributed by atoms with Gasteiger partial charge in [0.05, 0.1) is 11.2 Å². The minimum atomic E-state index is -1.04. The average molecular weight is 223 g/mol. The van der Waals surface area contributed by atoms with Crippen LogP contribution >= 0.6 is 0 Å². The average Bonchev–Trinajstić information content (AvgIpc) is 2.38. The Morgan fingerprint density at radius 3 is 2.19 bits per heavy atom. The smallest absolute Gasteiger partial charge is 0.400 e. The van der Waals surface area contributed by atoms with Gasteiger partial charge in [-0.15, -0.1) is 0 Å². The van der Waals surface area contributed by atoms with Crippen molar-refractivity contribution in [2.45, 2.75) is 44.6 Å². The van der Waals surface area contributed by atoms with Gasteiger partial charge in [-0.25, -0.2) is 0 Å². The maximum absolute atomic E-state index is 6.10. The molecule has 0 aromatic carbocycles. The topological polar surface area (TPSA) is 68.9 Å². The molecule has 1 unspecified atom stereocenters. The van der Waals surface area contributed by atoms with Gasteiger partial charge < -0.3 is 14.6 Å². The quantitative estimate of drug-likeness (QED) is 0.632. The van der Waals surface area contributed by atoms with Gasteiger partial charge in [0.15, 0.2) is 0 Å². The number of nitrogens with one attached hydrogen (secondary N) is 1. The van der Waals surface area contributed by atoms with Crippen LogP contribution in [0.3, 0.4) is 0 Å². The molecule has 0 aromatic heterocycles. The first kappa shape index (κ1) is 11.6. The van der Waals surface area contributed by atoms with Crippen molar-refractivity contribution < 1.29 is 9.31 Å². The lowest BCUT2D eigenvalue weighted by Crippen LogP contribution is -2.63. The SMILES string of the molecule is CC1(C)OB(C2(N)N=CC=CN2)OC1(C)C. The molecule has 2 aliphatic heterocycles. The van der Waals surface area contributed by atoms with E-state index in [2.05, 4.69) is 10.3 Å². The van der Waals surface area contributed by atoms with E-state index in [9.17, 15) is 0 Å². The lowest BCUT2D eigenvalue weighted by Gasteiger charge is -2.32. The van der Waals surface area contributed by atoms with Gasteiger partial charge in [0.25, 0.3) is 0 Å². The Labute approximate surface area is 96.2 Å². The van der Waals surface area contributed by atoms with E-state index in [0.29, 0.717) is 0 Å². The molecule has 2 aliphatic rings. The van der Waals surface area contributed by atoms with Crippen LogP contribution in [-0.4, -0.2) is 30.2 Å². The summed E-state index contributed by atoms with van der Waals surface area (Å²) in [7, 11) is -0.598. The molecular weight excluding hydrogens is 205 g/mol. The molecule has 0 amide bonds. The van der Waals surface area contributed by atoms with Crippen molar-refractivity contribution in [2.24, 2.45) is 10.7 Å². The predicted molar refractivity (Wildman–Crippen MR) is 63.8 cm³/mol. The number of hydrogen-bond donors (Lipinski definition) is 2. The van der Waals surface area contributed by atoms with E-state index >= 15 is 0 Å². The maximum atomic E-state index is 6.10. The van der Waals surface area contributed by atoms with Crippen molar-refractivity contribution in [3.05, 3.63) is 12.3 Å². The Balaban J connectivity index is 2.20.